The Morgan fingerprint density at radius 3 is 2.42 bits per heavy atom. The van der Waals surface area contributed by atoms with Gasteiger partial charge in [0, 0.05) is 48.7 Å². The largest absolute Gasteiger partial charge is 0.466 e. The van der Waals surface area contributed by atoms with Crippen molar-refractivity contribution in [3.8, 4) is 11.3 Å². The number of aromatic nitrogens is 1. The SMILES string of the molecule is CCOC(=O)C1CCCN(C(=O)[C@H]2CC[C@H](NS(=O)(=O)c3ccc4cc(-c5ccc(F)cc5)n(C)c4c3)CC2)C1. The van der Waals surface area contributed by atoms with Crippen LogP contribution >= 0.6 is 0 Å². The van der Waals surface area contributed by atoms with Crippen LogP contribution in [0.3, 0.4) is 0 Å². The maximum atomic E-state index is 13.4. The molecule has 40 heavy (non-hydrogen) atoms. The summed E-state index contributed by atoms with van der Waals surface area (Å²) in [5, 5.41) is 0.891. The molecule has 1 N–H and O–H groups in total. The second-order valence-corrected chi connectivity index (χ2v) is 12.6. The van der Waals surface area contributed by atoms with E-state index in [9.17, 15) is 22.4 Å². The number of ether oxygens (including phenoxy) is 1. The van der Waals surface area contributed by atoms with Crippen molar-refractivity contribution in [2.24, 2.45) is 18.9 Å². The summed E-state index contributed by atoms with van der Waals surface area (Å²) in [5.74, 6) is -0.922. The molecule has 1 aromatic heterocycles. The number of hydrogen-bond acceptors (Lipinski definition) is 5. The molecule has 5 rings (SSSR count). The number of nitrogens with zero attached hydrogens (tertiary/aromatic N) is 2. The second-order valence-electron chi connectivity index (χ2n) is 10.9. The van der Waals surface area contributed by atoms with Crippen molar-refractivity contribution in [2.75, 3.05) is 19.7 Å². The van der Waals surface area contributed by atoms with Gasteiger partial charge in [0.05, 0.1) is 17.4 Å². The highest BCUT2D eigenvalue weighted by molar-refractivity contribution is 7.89. The van der Waals surface area contributed by atoms with Crippen LogP contribution in [0.1, 0.15) is 45.4 Å². The molecule has 10 heteroatoms. The molecule has 1 saturated heterocycles. The quantitative estimate of drug-likeness (QED) is 0.419. The highest BCUT2D eigenvalue weighted by Gasteiger charge is 2.35. The Kier molecular flexibility index (Phi) is 8.28. The Morgan fingerprint density at radius 1 is 1.00 bits per heavy atom. The number of esters is 1. The van der Waals surface area contributed by atoms with E-state index in [1.54, 1.807) is 42.2 Å². The first-order chi connectivity index (χ1) is 19.2. The van der Waals surface area contributed by atoms with Crippen LogP contribution in [-0.4, -0.2) is 55.5 Å². The number of carbonyl (C=O) groups is 2. The van der Waals surface area contributed by atoms with Crippen molar-refractivity contribution >= 4 is 32.8 Å². The first-order valence-corrected chi connectivity index (χ1v) is 15.5. The molecular formula is C30H36FN3O5S. The van der Waals surface area contributed by atoms with Gasteiger partial charge >= 0.3 is 5.97 Å². The minimum Gasteiger partial charge on any atom is -0.466 e. The average molecular weight is 570 g/mol. The lowest BCUT2D eigenvalue weighted by molar-refractivity contribution is -0.152. The Bertz CT molecular complexity index is 1490. The van der Waals surface area contributed by atoms with Gasteiger partial charge in [-0.15, -0.1) is 0 Å². The van der Waals surface area contributed by atoms with Crippen molar-refractivity contribution in [3.05, 3.63) is 54.3 Å². The van der Waals surface area contributed by atoms with E-state index in [4.69, 9.17) is 4.74 Å². The maximum absolute atomic E-state index is 13.4. The van der Waals surface area contributed by atoms with Gasteiger partial charge in [-0.3, -0.25) is 9.59 Å². The lowest BCUT2D eigenvalue weighted by atomic mass is 9.85. The van der Waals surface area contributed by atoms with E-state index in [0.29, 0.717) is 45.4 Å². The Morgan fingerprint density at radius 2 is 1.73 bits per heavy atom. The van der Waals surface area contributed by atoms with Crippen LogP contribution in [0.2, 0.25) is 0 Å². The Labute approximate surface area is 234 Å². The third-order valence-corrected chi connectivity index (χ3v) is 9.74. The average Bonchev–Trinajstić information content (AvgIpc) is 3.29. The number of likely N-dealkylation sites (tertiary alicyclic amines) is 1. The van der Waals surface area contributed by atoms with E-state index in [-0.39, 0.29) is 40.5 Å². The molecule has 2 aromatic carbocycles. The lowest BCUT2D eigenvalue weighted by Crippen LogP contribution is -2.47. The van der Waals surface area contributed by atoms with E-state index in [2.05, 4.69) is 4.72 Å². The van der Waals surface area contributed by atoms with Gasteiger partial charge in [0.25, 0.3) is 0 Å². The molecule has 214 valence electrons. The fourth-order valence-electron chi connectivity index (χ4n) is 6.01. The third kappa shape index (κ3) is 5.93. The summed E-state index contributed by atoms with van der Waals surface area (Å²) in [4.78, 5) is 27.3. The number of hydrogen-bond donors (Lipinski definition) is 1. The van der Waals surface area contributed by atoms with Crippen molar-refractivity contribution < 1.29 is 27.1 Å². The summed E-state index contributed by atoms with van der Waals surface area (Å²) < 4.78 is 49.9. The number of aryl methyl sites for hydroxylation is 1. The monoisotopic (exact) mass is 569 g/mol. The molecule has 1 atom stereocenters. The zero-order valence-electron chi connectivity index (χ0n) is 22.9. The van der Waals surface area contributed by atoms with Crippen LogP contribution in [0.25, 0.3) is 22.2 Å². The van der Waals surface area contributed by atoms with Crippen molar-refractivity contribution in [2.45, 2.75) is 56.4 Å². The first kappa shape index (κ1) is 28.3. The molecule has 1 aliphatic carbocycles. The van der Waals surface area contributed by atoms with Crippen LogP contribution in [-0.2, 0) is 31.4 Å². The van der Waals surface area contributed by atoms with Gasteiger partial charge in [-0.2, -0.15) is 0 Å². The number of fused-ring (bicyclic) bond motifs is 1. The van der Waals surface area contributed by atoms with Crippen molar-refractivity contribution in [1.29, 1.82) is 0 Å². The van der Waals surface area contributed by atoms with Gasteiger partial charge in [0.2, 0.25) is 15.9 Å². The third-order valence-electron chi connectivity index (χ3n) is 8.22. The van der Waals surface area contributed by atoms with Gasteiger partial charge in [-0.1, -0.05) is 6.07 Å². The molecule has 1 aliphatic heterocycles. The molecule has 2 heterocycles. The van der Waals surface area contributed by atoms with Gasteiger partial charge in [-0.25, -0.2) is 17.5 Å². The van der Waals surface area contributed by atoms with Gasteiger partial charge in [-0.05, 0) is 93.5 Å². The molecule has 0 spiro atoms. The fourth-order valence-corrected chi connectivity index (χ4v) is 7.33. The summed E-state index contributed by atoms with van der Waals surface area (Å²) in [5.41, 5.74) is 2.47. The Balaban J connectivity index is 1.21. The van der Waals surface area contributed by atoms with Crippen molar-refractivity contribution in [1.82, 2.24) is 14.2 Å². The predicted molar refractivity (Wildman–Crippen MR) is 150 cm³/mol. The molecule has 2 aliphatic rings. The van der Waals surface area contributed by atoms with Gasteiger partial charge in [0.15, 0.2) is 0 Å². The van der Waals surface area contributed by atoms with Crippen LogP contribution in [0, 0.1) is 17.7 Å². The molecular weight excluding hydrogens is 533 g/mol. The molecule has 1 amide bonds. The van der Waals surface area contributed by atoms with Gasteiger partial charge in [0.1, 0.15) is 5.82 Å². The summed E-state index contributed by atoms with van der Waals surface area (Å²) in [6.07, 6.45) is 3.87. The second kappa shape index (κ2) is 11.7. The number of benzene rings is 2. The molecule has 0 bridgehead atoms. The Hall–Kier alpha value is -3.24. The summed E-state index contributed by atoms with van der Waals surface area (Å²) >= 11 is 0. The highest BCUT2D eigenvalue weighted by Crippen LogP contribution is 2.31. The zero-order valence-corrected chi connectivity index (χ0v) is 23.8. The number of amides is 1. The van der Waals surface area contributed by atoms with Crippen molar-refractivity contribution in [3.63, 3.8) is 0 Å². The number of piperidine rings is 1. The number of rotatable bonds is 7. The molecule has 1 unspecified atom stereocenters. The summed E-state index contributed by atoms with van der Waals surface area (Å²) in [6.45, 7) is 3.15. The van der Waals surface area contributed by atoms with E-state index in [1.807, 2.05) is 17.7 Å². The van der Waals surface area contributed by atoms with Crippen LogP contribution < -0.4 is 4.72 Å². The number of carbonyl (C=O) groups excluding carboxylic acids is 2. The van der Waals surface area contributed by atoms with E-state index in [0.717, 1.165) is 35.0 Å². The van der Waals surface area contributed by atoms with E-state index in [1.165, 1.54) is 12.1 Å². The lowest BCUT2D eigenvalue weighted by Gasteiger charge is -2.36. The number of halogens is 1. The molecule has 1 saturated carbocycles. The maximum Gasteiger partial charge on any atom is 0.310 e. The van der Waals surface area contributed by atoms with E-state index >= 15 is 0 Å². The summed E-state index contributed by atoms with van der Waals surface area (Å²) in [6, 6.07) is 13.0. The van der Waals surface area contributed by atoms with Crippen LogP contribution in [0.4, 0.5) is 4.39 Å². The number of sulfonamides is 1. The normalized spacial score (nSPS) is 21.9. The summed E-state index contributed by atoms with van der Waals surface area (Å²) in [7, 11) is -1.91. The highest BCUT2D eigenvalue weighted by atomic mass is 32.2. The minimum absolute atomic E-state index is 0.0569. The molecule has 3 aromatic rings. The number of nitrogens with one attached hydrogen (secondary N) is 1. The topological polar surface area (TPSA) is 97.7 Å². The van der Waals surface area contributed by atoms with Crippen LogP contribution in [0.5, 0.6) is 0 Å². The molecule has 8 nitrogen and oxygen atoms in total. The minimum atomic E-state index is -3.77. The molecule has 2 fully saturated rings. The first-order valence-electron chi connectivity index (χ1n) is 14.0. The zero-order chi connectivity index (χ0) is 28.4. The van der Waals surface area contributed by atoms with Gasteiger partial charge < -0.3 is 14.2 Å². The standard InChI is InChI=1S/C30H36FN3O5S/c1-3-39-30(36)23-5-4-16-34(19-23)29(35)21-8-13-25(14-9-21)32-40(37,38)26-15-10-22-17-27(33(2)28(22)18-26)20-6-11-24(31)12-7-20/h6-7,10-12,15,17-18,21,23,25,32H,3-5,8-9,13-14,16,19H2,1-2H3/t21-,23?,25-. The van der Waals surface area contributed by atoms with E-state index < -0.39 is 10.0 Å². The molecule has 0 radical (unpaired) electrons. The smallest absolute Gasteiger partial charge is 0.310 e. The van der Waals surface area contributed by atoms with Crippen LogP contribution in [0.15, 0.2) is 53.4 Å². The fraction of sp³-hybridized carbons (Fsp3) is 0.467. The predicted octanol–water partition coefficient (Wildman–Crippen LogP) is 4.62.